The van der Waals surface area contributed by atoms with Gasteiger partial charge >= 0.3 is 17.8 Å². The van der Waals surface area contributed by atoms with E-state index in [1.54, 1.807) is 11.3 Å². The fourth-order valence-electron chi connectivity index (χ4n) is 0.975. The van der Waals surface area contributed by atoms with E-state index in [0.29, 0.717) is 0 Å². The van der Waals surface area contributed by atoms with Crippen molar-refractivity contribution in [2.24, 2.45) is 0 Å². The van der Waals surface area contributed by atoms with Crippen LogP contribution >= 0.6 is 11.3 Å². The second-order valence-corrected chi connectivity index (χ2v) is 3.96. The van der Waals surface area contributed by atoms with Crippen molar-refractivity contribution in [3.05, 3.63) is 34.5 Å². The van der Waals surface area contributed by atoms with Crippen molar-refractivity contribution in [1.29, 1.82) is 0 Å². The first-order valence-corrected chi connectivity index (χ1v) is 5.18. The number of hydrogen-bond donors (Lipinski definition) is 0. The van der Waals surface area contributed by atoms with Crippen LogP contribution in [0.1, 0.15) is 0 Å². The first kappa shape index (κ1) is 14.9. The van der Waals surface area contributed by atoms with Crippen molar-refractivity contribution >= 4 is 11.3 Å². The van der Waals surface area contributed by atoms with Crippen molar-refractivity contribution < 1.29 is 35.1 Å². The highest BCUT2D eigenvalue weighted by molar-refractivity contribution is 7.07. The molecule has 1 aliphatic carbocycles. The summed E-state index contributed by atoms with van der Waals surface area (Å²) in [4.78, 5) is 0. The zero-order valence-electron chi connectivity index (χ0n) is 8.24. The van der Waals surface area contributed by atoms with E-state index in [0.717, 1.165) is 0 Å². The molecule has 0 atom stereocenters. The molecule has 9 heteroatoms. The molecule has 0 amide bonds. The number of halogens is 8. The molecule has 0 fully saturated rings. The number of thiophene rings is 1. The molecule has 0 radical (unpaired) electrons. The lowest BCUT2D eigenvalue weighted by Gasteiger charge is -2.22. The summed E-state index contributed by atoms with van der Waals surface area (Å²) in [6, 6.07) is 4.04. The maximum absolute atomic E-state index is 12.0. The average Bonchev–Trinajstić information content (AvgIpc) is 2.86. The van der Waals surface area contributed by atoms with Crippen LogP contribution in [0.4, 0.5) is 35.1 Å². The standard InChI is InChI=1S/C5F8.C4H4S/c6-1-2(7)4(10,11)5(12,13)3(1,8)9;1-2-4-5-3-1/h;1-4H. The van der Waals surface area contributed by atoms with Crippen molar-refractivity contribution in [3.63, 3.8) is 0 Å². The van der Waals surface area contributed by atoms with Gasteiger partial charge in [-0.15, -0.1) is 0 Å². The Bertz CT molecular complexity index is 390. The highest BCUT2D eigenvalue weighted by Gasteiger charge is 2.82. The third kappa shape index (κ3) is 2.00. The molecule has 0 saturated heterocycles. The summed E-state index contributed by atoms with van der Waals surface area (Å²) in [6.07, 6.45) is 0. The van der Waals surface area contributed by atoms with Crippen molar-refractivity contribution in [1.82, 2.24) is 0 Å². The molecule has 0 unspecified atom stereocenters. The van der Waals surface area contributed by atoms with Gasteiger partial charge in [-0.1, -0.05) is 12.1 Å². The van der Waals surface area contributed by atoms with Crippen molar-refractivity contribution in [2.45, 2.75) is 17.8 Å². The zero-order valence-corrected chi connectivity index (χ0v) is 9.06. The second kappa shape index (κ2) is 4.52. The van der Waals surface area contributed by atoms with Gasteiger partial charge in [-0.2, -0.15) is 37.7 Å². The lowest BCUT2D eigenvalue weighted by atomic mass is 10.2. The SMILES string of the molecule is FC1=C(F)C(F)(F)C(F)(F)C1(F)F.c1ccsc1. The maximum atomic E-state index is 12.0. The predicted octanol–water partition coefficient (Wildman–Crippen LogP) is 4.80. The van der Waals surface area contributed by atoms with Gasteiger partial charge in [0.1, 0.15) is 0 Å². The van der Waals surface area contributed by atoms with Gasteiger partial charge in [-0.3, -0.25) is 0 Å². The number of alkyl halides is 6. The summed E-state index contributed by atoms with van der Waals surface area (Å²) in [5.41, 5.74) is 0. The van der Waals surface area contributed by atoms with Gasteiger partial charge in [0.05, 0.1) is 0 Å². The third-order valence-corrected chi connectivity index (χ3v) is 2.59. The number of rotatable bonds is 0. The van der Waals surface area contributed by atoms with Gasteiger partial charge in [0.25, 0.3) is 0 Å². The topological polar surface area (TPSA) is 0 Å². The van der Waals surface area contributed by atoms with Crippen LogP contribution in [-0.2, 0) is 0 Å². The number of allylic oxidation sites excluding steroid dienone is 2. The molecular weight excluding hydrogens is 292 g/mol. The Labute approximate surface area is 99.5 Å². The Morgan fingerprint density at radius 1 is 0.722 bits per heavy atom. The van der Waals surface area contributed by atoms with Crippen LogP contribution in [0.5, 0.6) is 0 Å². The summed E-state index contributed by atoms with van der Waals surface area (Å²) in [5.74, 6) is -24.5. The fourth-order valence-corrected chi connectivity index (χ4v) is 1.43. The van der Waals surface area contributed by atoms with E-state index in [1.807, 2.05) is 22.9 Å². The fraction of sp³-hybridized carbons (Fsp3) is 0.333. The summed E-state index contributed by atoms with van der Waals surface area (Å²) in [7, 11) is 0. The molecule has 0 aromatic carbocycles. The Morgan fingerprint density at radius 2 is 1.06 bits per heavy atom. The smallest absolute Gasteiger partial charge is 0.202 e. The van der Waals surface area contributed by atoms with Crippen molar-refractivity contribution in [3.8, 4) is 0 Å². The maximum Gasteiger partial charge on any atom is 0.385 e. The molecule has 0 N–H and O–H groups in total. The van der Waals surface area contributed by atoms with Gasteiger partial charge in [0.15, 0.2) is 0 Å². The molecule has 1 aliphatic rings. The van der Waals surface area contributed by atoms with Gasteiger partial charge < -0.3 is 0 Å². The Kier molecular flexibility index (Phi) is 3.75. The largest absolute Gasteiger partial charge is 0.385 e. The first-order valence-electron chi connectivity index (χ1n) is 4.23. The molecule has 102 valence electrons. The van der Waals surface area contributed by atoms with E-state index in [-0.39, 0.29) is 0 Å². The Balaban J connectivity index is 0.000000269. The van der Waals surface area contributed by atoms with Gasteiger partial charge in [0.2, 0.25) is 11.7 Å². The molecule has 1 heterocycles. The molecule has 0 spiro atoms. The lowest BCUT2D eigenvalue weighted by Crippen LogP contribution is -2.48. The first-order chi connectivity index (χ1) is 8.07. The lowest BCUT2D eigenvalue weighted by molar-refractivity contribution is -0.271. The Morgan fingerprint density at radius 3 is 1.17 bits per heavy atom. The molecule has 1 aromatic heterocycles. The highest BCUT2D eigenvalue weighted by Crippen LogP contribution is 2.59. The van der Waals surface area contributed by atoms with Gasteiger partial charge in [-0.05, 0) is 10.8 Å². The number of hydrogen-bond acceptors (Lipinski definition) is 1. The van der Waals surface area contributed by atoms with Crippen LogP contribution < -0.4 is 0 Å². The van der Waals surface area contributed by atoms with E-state index < -0.39 is 29.4 Å². The molecule has 2 rings (SSSR count). The van der Waals surface area contributed by atoms with E-state index >= 15 is 0 Å². The van der Waals surface area contributed by atoms with Crippen LogP contribution in [0.25, 0.3) is 0 Å². The molecule has 1 aromatic rings. The molecule has 0 bridgehead atoms. The molecule has 0 nitrogen and oxygen atoms in total. The minimum atomic E-state index is -6.06. The van der Waals surface area contributed by atoms with E-state index in [9.17, 15) is 35.1 Å². The molecule has 18 heavy (non-hydrogen) atoms. The predicted molar refractivity (Wildman–Crippen MR) is 48.4 cm³/mol. The van der Waals surface area contributed by atoms with E-state index in [2.05, 4.69) is 0 Å². The third-order valence-electron chi connectivity index (χ3n) is 1.96. The zero-order chi connectivity index (χ0) is 14.2. The van der Waals surface area contributed by atoms with Gasteiger partial charge in [0, 0.05) is 0 Å². The van der Waals surface area contributed by atoms with Crippen LogP contribution in [0, 0.1) is 0 Å². The van der Waals surface area contributed by atoms with Crippen LogP contribution in [0.3, 0.4) is 0 Å². The summed E-state index contributed by atoms with van der Waals surface area (Å²) in [6.45, 7) is 0. The second-order valence-electron chi connectivity index (χ2n) is 3.14. The molecule has 0 aliphatic heterocycles. The summed E-state index contributed by atoms with van der Waals surface area (Å²) < 4.78 is 95.6. The van der Waals surface area contributed by atoms with E-state index in [1.165, 1.54) is 0 Å². The quantitative estimate of drug-likeness (QED) is 0.603. The minimum absolute atomic E-state index is 1.71. The van der Waals surface area contributed by atoms with E-state index in [4.69, 9.17) is 0 Å². The average molecular weight is 296 g/mol. The van der Waals surface area contributed by atoms with Crippen LogP contribution in [-0.4, -0.2) is 17.8 Å². The summed E-state index contributed by atoms with van der Waals surface area (Å²) in [5, 5.41) is 4.08. The van der Waals surface area contributed by atoms with Crippen LogP contribution in [0.2, 0.25) is 0 Å². The minimum Gasteiger partial charge on any atom is -0.202 e. The highest BCUT2D eigenvalue weighted by atomic mass is 32.1. The van der Waals surface area contributed by atoms with Crippen LogP contribution in [0.15, 0.2) is 34.5 Å². The molecule has 0 saturated carbocycles. The Hall–Kier alpha value is -1.12. The monoisotopic (exact) mass is 296 g/mol. The van der Waals surface area contributed by atoms with Crippen molar-refractivity contribution in [2.75, 3.05) is 0 Å². The van der Waals surface area contributed by atoms with Gasteiger partial charge in [-0.25, -0.2) is 8.78 Å². The summed E-state index contributed by atoms with van der Waals surface area (Å²) >= 11 is 1.71. The molecular formula is C9H4F8S. The normalized spacial score (nSPS) is 23.6.